The number of terminal acetylenes is 1. The molecular formula is C15H13BrN2O2. The van der Waals surface area contributed by atoms with Gasteiger partial charge >= 0.3 is 0 Å². The Morgan fingerprint density at radius 2 is 2.15 bits per heavy atom. The molecule has 1 aromatic rings. The number of amides is 1. The zero-order valence-corrected chi connectivity index (χ0v) is 12.3. The lowest BCUT2D eigenvalue weighted by molar-refractivity contribution is -0.161. The minimum Gasteiger partial charge on any atom is -0.379 e. The molecule has 0 aromatic heterocycles. The van der Waals surface area contributed by atoms with Gasteiger partial charge in [-0.3, -0.25) is 4.79 Å². The Morgan fingerprint density at radius 1 is 1.50 bits per heavy atom. The summed E-state index contributed by atoms with van der Waals surface area (Å²) in [5, 5.41) is 11.6. The molecule has 2 rings (SSSR count). The zero-order valence-electron chi connectivity index (χ0n) is 10.7. The normalized spacial score (nSPS) is 17.1. The van der Waals surface area contributed by atoms with Crippen molar-refractivity contribution >= 4 is 21.8 Å². The molecular weight excluding hydrogens is 320 g/mol. The van der Waals surface area contributed by atoms with Gasteiger partial charge in [-0.25, -0.2) is 0 Å². The number of nitrogens with zero attached hydrogens (tertiary/aromatic N) is 1. The van der Waals surface area contributed by atoms with Crippen LogP contribution in [0.4, 0.5) is 0 Å². The molecule has 1 aromatic carbocycles. The monoisotopic (exact) mass is 332 g/mol. The number of hydrogen-bond donors (Lipinski definition) is 1. The van der Waals surface area contributed by atoms with E-state index < -0.39 is 11.5 Å². The van der Waals surface area contributed by atoms with Gasteiger partial charge < -0.3 is 10.1 Å². The number of halogens is 1. The van der Waals surface area contributed by atoms with Crippen molar-refractivity contribution in [3.05, 3.63) is 34.3 Å². The molecule has 1 unspecified atom stereocenters. The van der Waals surface area contributed by atoms with Crippen molar-refractivity contribution in [3.8, 4) is 18.4 Å². The average molecular weight is 333 g/mol. The first-order valence-corrected chi connectivity index (χ1v) is 6.88. The summed E-state index contributed by atoms with van der Waals surface area (Å²) in [6.45, 7) is 0.536. The number of nitrogens with one attached hydrogen (secondary N) is 1. The van der Waals surface area contributed by atoms with E-state index >= 15 is 0 Å². The van der Waals surface area contributed by atoms with Crippen molar-refractivity contribution < 1.29 is 9.53 Å². The first-order chi connectivity index (χ1) is 9.61. The molecule has 1 saturated heterocycles. The minimum absolute atomic E-state index is 0.135. The van der Waals surface area contributed by atoms with E-state index in [1.54, 1.807) is 0 Å². The van der Waals surface area contributed by atoms with E-state index in [1.807, 2.05) is 30.3 Å². The third-order valence-electron chi connectivity index (χ3n) is 3.30. The summed E-state index contributed by atoms with van der Waals surface area (Å²) >= 11 is 3.35. The number of ether oxygens (including phenoxy) is 1. The highest BCUT2D eigenvalue weighted by atomic mass is 79.9. The molecule has 1 amide bonds. The van der Waals surface area contributed by atoms with Crippen LogP contribution in [0.3, 0.4) is 0 Å². The highest BCUT2D eigenvalue weighted by Gasteiger charge is 2.46. The molecule has 1 aliphatic heterocycles. The maximum Gasteiger partial charge on any atom is 0.233 e. The first kappa shape index (κ1) is 14.6. The van der Waals surface area contributed by atoms with Gasteiger partial charge in [0.2, 0.25) is 5.91 Å². The van der Waals surface area contributed by atoms with E-state index in [0.717, 1.165) is 10.0 Å². The van der Waals surface area contributed by atoms with Gasteiger partial charge in [-0.1, -0.05) is 34.0 Å². The standard InChI is InChI=1S/C15H13BrN2O2/c1-2-13(11-3-5-12(16)6-4-11)18-14(19)15(7-8-17)9-20-10-15/h1,3-6,13H,7,9-10H2,(H,18,19). The topological polar surface area (TPSA) is 62.1 Å². The van der Waals surface area contributed by atoms with E-state index in [2.05, 4.69) is 27.2 Å². The van der Waals surface area contributed by atoms with E-state index in [4.69, 9.17) is 16.4 Å². The number of carbonyl (C=O) groups is 1. The first-order valence-electron chi connectivity index (χ1n) is 6.08. The fourth-order valence-electron chi connectivity index (χ4n) is 1.97. The number of nitriles is 1. The molecule has 0 radical (unpaired) electrons. The van der Waals surface area contributed by atoms with Crippen molar-refractivity contribution in [1.82, 2.24) is 5.32 Å². The second-order valence-corrected chi connectivity index (χ2v) is 5.65. The predicted molar refractivity (Wildman–Crippen MR) is 77.3 cm³/mol. The molecule has 4 nitrogen and oxygen atoms in total. The number of carbonyl (C=O) groups excluding carboxylic acids is 1. The van der Waals surface area contributed by atoms with E-state index in [0.29, 0.717) is 0 Å². The van der Waals surface area contributed by atoms with Crippen LogP contribution in [0.15, 0.2) is 28.7 Å². The van der Waals surface area contributed by atoms with Crippen LogP contribution >= 0.6 is 15.9 Å². The van der Waals surface area contributed by atoms with Crippen LogP contribution in [-0.2, 0) is 9.53 Å². The van der Waals surface area contributed by atoms with Crippen LogP contribution in [0, 0.1) is 29.1 Å². The fourth-order valence-corrected chi connectivity index (χ4v) is 2.24. The van der Waals surface area contributed by atoms with Crippen molar-refractivity contribution in [1.29, 1.82) is 5.26 Å². The Bertz CT molecular complexity index is 579. The van der Waals surface area contributed by atoms with Crippen molar-refractivity contribution in [2.45, 2.75) is 12.5 Å². The van der Waals surface area contributed by atoms with Crippen LogP contribution in [0.25, 0.3) is 0 Å². The summed E-state index contributed by atoms with van der Waals surface area (Å²) in [7, 11) is 0. The SMILES string of the molecule is C#CC(NC(=O)C1(CC#N)COC1)c1ccc(Br)cc1. The Morgan fingerprint density at radius 3 is 2.60 bits per heavy atom. The summed E-state index contributed by atoms with van der Waals surface area (Å²) in [5.41, 5.74) is 0.0792. The van der Waals surface area contributed by atoms with Gasteiger partial charge in [0.25, 0.3) is 0 Å². The maximum absolute atomic E-state index is 12.3. The van der Waals surface area contributed by atoms with Gasteiger partial charge in [-0.15, -0.1) is 6.42 Å². The van der Waals surface area contributed by atoms with Crippen LogP contribution in [0.5, 0.6) is 0 Å². The van der Waals surface area contributed by atoms with Crippen LogP contribution in [0.2, 0.25) is 0 Å². The Kier molecular flexibility index (Phi) is 4.44. The summed E-state index contributed by atoms with van der Waals surface area (Å²) in [6.07, 6.45) is 5.63. The van der Waals surface area contributed by atoms with E-state index in [9.17, 15) is 4.79 Å². The molecule has 5 heteroatoms. The molecule has 0 aliphatic carbocycles. The predicted octanol–water partition coefficient (Wildman–Crippen LogP) is 2.17. The second-order valence-electron chi connectivity index (χ2n) is 4.73. The largest absolute Gasteiger partial charge is 0.379 e. The quantitative estimate of drug-likeness (QED) is 0.859. The molecule has 1 aliphatic rings. The number of rotatable bonds is 4. The lowest BCUT2D eigenvalue weighted by atomic mass is 9.81. The molecule has 0 saturated carbocycles. The highest BCUT2D eigenvalue weighted by Crippen LogP contribution is 2.32. The third-order valence-corrected chi connectivity index (χ3v) is 3.83. The molecule has 0 spiro atoms. The highest BCUT2D eigenvalue weighted by molar-refractivity contribution is 9.10. The van der Waals surface area contributed by atoms with Crippen LogP contribution < -0.4 is 5.32 Å². The summed E-state index contributed by atoms with van der Waals surface area (Å²) in [6, 6.07) is 8.95. The van der Waals surface area contributed by atoms with Crippen LogP contribution in [0.1, 0.15) is 18.0 Å². The van der Waals surface area contributed by atoms with Gasteiger partial charge in [0, 0.05) is 4.47 Å². The maximum atomic E-state index is 12.3. The third kappa shape index (κ3) is 2.85. The molecule has 20 heavy (non-hydrogen) atoms. The van der Waals surface area contributed by atoms with Crippen molar-refractivity contribution in [2.24, 2.45) is 5.41 Å². The summed E-state index contributed by atoms with van der Waals surface area (Å²) in [4.78, 5) is 12.3. The molecule has 1 atom stereocenters. The van der Waals surface area contributed by atoms with Gasteiger partial charge in [0.05, 0.1) is 25.7 Å². The van der Waals surface area contributed by atoms with Crippen LogP contribution in [-0.4, -0.2) is 19.1 Å². The van der Waals surface area contributed by atoms with Gasteiger partial charge in [-0.2, -0.15) is 5.26 Å². The second kappa shape index (κ2) is 6.09. The minimum atomic E-state index is -0.751. The Hall–Kier alpha value is -1.82. The average Bonchev–Trinajstić information content (AvgIpc) is 2.41. The summed E-state index contributed by atoms with van der Waals surface area (Å²) in [5.74, 6) is 2.33. The lowest BCUT2D eigenvalue weighted by Gasteiger charge is -2.38. The molecule has 0 bridgehead atoms. The van der Waals surface area contributed by atoms with E-state index in [1.165, 1.54) is 0 Å². The molecule has 102 valence electrons. The number of hydrogen-bond acceptors (Lipinski definition) is 3. The smallest absolute Gasteiger partial charge is 0.233 e. The Labute approximate surface area is 126 Å². The molecule has 1 heterocycles. The van der Waals surface area contributed by atoms with Gasteiger partial charge in [-0.05, 0) is 17.7 Å². The summed E-state index contributed by atoms with van der Waals surface area (Å²) < 4.78 is 6.02. The molecule has 1 fully saturated rings. The zero-order chi connectivity index (χ0) is 14.6. The fraction of sp³-hybridized carbons (Fsp3) is 0.333. The lowest BCUT2D eigenvalue weighted by Crippen LogP contribution is -2.54. The van der Waals surface area contributed by atoms with E-state index in [-0.39, 0.29) is 25.5 Å². The van der Waals surface area contributed by atoms with Gasteiger partial charge in [0.15, 0.2) is 0 Å². The Balaban J connectivity index is 2.11. The van der Waals surface area contributed by atoms with Crippen molar-refractivity contribution in [2.75, 3.05) is 13.2 Å². The van der Waals surface area contributed by atoms with Gasteiger partial charge in [0.1, 0.15) is 11.5 Å². The van der Waals surface area contributed by atoms with Crippen molar-refractivity contribution in [3.63, 3.8) is 0 Å². The molecule has 1 N–H and O–H groups in total. The number of benzene rings is 1.